The highest BCUT2D eigenvalue weighted by molar-refractivity contribution is 6.30. The van der Waals surface area contributed by atoms with Crippen LogP contribution in [0.15, 0.2) is 48.5 Å². The second-order valence-corrected chi connectivity index (χ2v) is 5.53. The zero-order valence-electron chi connectivity index (χ0n) is 12.6. The second kappa shape index (κ2) is 8.18. The third-order valence-corrected chi connectivity index (χ3v) is 3.69. The van der Waals surface area contributed by atoms with Crippen molar-refractivity contribution in [1.29, 1.82) is 0 Å². The van der Waals surface area contributed by atoms with E-state index >= 15 is 0 Å². The van der Waals surface area contributed by atoms with Gasteiger partial charge in [0.15, 0.2) is 0 Å². The van der Waals surface area contributed by atoms with E-state index in [-0.39, 0.29) is 6.10 Å². The van der Waals surface area contributed by atoms with Crippen molar-refractivity contribution in [1.82, 2.24) is 5.32 Å². The highest BCUT2D eigenvalue weighted by Gasteiger charge is 2.13. The SMILES string of the molecule is CCNCC(OCc1cccc(Cl)c1)c1ccccc1C. The summed E-state index contributed by atoms with van der Waals surface area (Å²) in [5, 5.41) is 4.12. The Bertz CT molecular complexity index is 571. The highest BCUT2D eigenvalue weighted by Crippen LogP contribution is 2.22. The average Bonchev–Trinajstić information content (AvgIpc) is 2.48. The van der Waals surface area contributed by atoms with Gasteiger partial charge < -0.3 is 10.1 Å². The summed E-state index contributed by atoms with van der Waals surface area (Å²) in [6.07, 6.45) is 0.0464. The highest BCUT2D eigenvalue weighted by atomic mass is 35.5. The molecule has 21 heavy (non-hydrogen) atoms. The van der Waals surface area contributed by atoms with E-state index in [9.17, 15) is 0 Å². The van der Waals surface area contributed by atoms with Gasteiger partial charge >= 0.3 is 0 Å². The number of likely N-dealkylation sites (N-methyl/N-ethyl adjacent to an activating group) is 1. The molecule has 112 valence electrons. The molecular formula is C18H22ClNO. The lowest BCUT2D eigenvalue weighted by Gasteiger charge is -2.20. The molecule has 0 spiro atoms. The lowest BCUT2D eigenvalue weighted by atomic mass is 10.0. The van der Waals surface area contributed by atoms with Crippen LogP contribution in [0.5, 0.6) is 0 Å². The van der Waals surface area contributed by atoms with Gasteiger partial charge in [-0.1, -0.05) is 54.9 Å². The fourth-order valence-electron chi connectivity index (χ4n) is 2.31. The molecule has 0 fully saturated rings. The smallest absolute Gasteiger partial charge is 0.0956 e. The van der Waals surface area contributed by atoms with Crippen molar-refractivity contribution >= 4 is 11.6 Å². The van der Waals surface area contributed by atoms with E-state index in [1.54, 1.807) is 0 Å². The molecule has 1 N–H and O–H groups in total. The molecule has 0 heterocycles. The van der Waals surface area contributed by atoms with Crippen LogP contribution in [-0.4, -0.2) is 13.1 Å². The van der Waals surface area contributed by atoms with Crippen LogP contribution in [-0.2, 0) is 11.3 Å². The van der Waals surface area contributed by atoms with Crippen molar-refractivity contribution in [2.45, 2.75) is 26.6 Å². The summed E-state index contributed by atoms with van der Waals surface area (Å²) >= 11 is 6.02. The van der Waals surface area contributed by atoms with Crippen LogP contribution >= 0.6 is 11.6 Å². The van der Waals surface area contributed by atoms with Crippen molar-refractivity contribution in [3.8, 4) is 0 Å². The van der Waals surface area contributed by atoms with Crippen molar-refractivity contribution in [2.24, 2.45) is 0 Å². The number of hydrogen-bond donors (Lipinski definition) is 1. The minimum Gasteiger partial charge on any atom is -0.368 e. The van der Waals surface area contributed by atoms with Gasteiger partial charge in [-0.3, -0.25) is 0 Å². The zero-order valence-corrected chi connectivity index (χ0v) is 13.4. The number of nitrogens with one attached hydrogen (secondary N) is 1. The number of aryl methyl sites for hydroxylation is 1. The number of hydrogen-bond acceptors (Lipinski definition) is 2. The van der Waals surface area contributed by atoms with Crippen LogP contribution in [0.3, 0.4) is 0 Å². The van der Waals surface area contributed by atoms with E-state index in [1.165, 1.54) is 11.1 Å². The molecule has 0 aromatic heterocycles. The summed E-state index contributed by atoms with van der Waals surface area (Å²) in [4.78, 5) is 0. The first-order valence-electron chi connectivity index (χ1n) is 7.33. The monoisotopic (exact) mass is 303 g/mol. The van der Waals surface area contributed by atoms with Gasteiger partial charge in [0.05, 0.1) is 12.7 Å². The molecule has 0 aliphatic heterocycles. The third kappa shape index (κ3) is 4.85. The molecule has 0 aliphatic carbocycles. The normalized spacial score (nSPS) is 12.3. The number of ether oxygens (including phenoxy) is 1. The van der Waals surface area contributed by atoms with Crippen molar-refractivity contribution in [3.05, 3.63) is 70.2 Å². The molecule has 0 radical (unpaired) electrons. The van der Waals surface area contributed by atoms with Gasteiger partial charge in [-0.2, -0.15) is 0 Å². The maximum Gasteiger partial charge on any atom is 0.0956 e. The Morgan fingerprint density at radius 1 is 1.14 bits per heavy atom. The largest absolute Gasteiger partial charge is 0.368 e. The fraction of sp³-hybridized carbons (Fsp3) is 0.333. The summed E-state index contributed by atoms with van der Waals surface area (Å²) in [5.41, 5.74) is 3.59. The molecule has 1 unspecified atom stereocenters. The Kier molecular flexibility index (Phi) is 6.24. The molecule has 2 aromatic rings. The van der Waals surface area contributed by atoms with Gasteiger partial charge in [0, 0.05) is 11.6 Å². The van der Waals surface area contributed by atoms with Gasteiger partial charge in [-0.05, 0) is 42.3 Å². The second-order valence-electron chi connectivity index (χ2n) is 5.09. The Balaban J connectivity index is 2.08. The number of halogens is 1. The lowest BCUT2D eigenvalue weighted by Crippen LogP contribution is -2.23. The standard InChI is InChI=1S/C18H22ClNO/c1-3-20-12-18(17-10-5-4-7-14(17)2)21-13-15-8-6-9-16(19)11-15/h4-11,18,20H,3,12-13H2,1-2H3. The fourth-order valence-corrected chi connectivity index (χ4v) is 2.52. The van der Waals surface area contributed by atoms with E-state index < -0.39 is 0 Å². The molecule has 0 saturated carbocycles. The molecule has 2 aromatic carbocycles. The van der Waals surface area contributed by atoms with Crippen molar-refractivity contribution < 1.29 is 4.74 Å². The zero-order chi connectivity index (χ0) is 15.1. The van der Waals surface area contributed by atoms with Gasteiger partial charge in [-0.15, -0.1) is 0 Å². The minimum absolute atomic E-state index is 0.0464. The Hall–Kier alpha value is -1.35. The van der Waals surface area contributed by atoms with Crippen LogP contribution < -0.4 is 5.32 Å². The number of rotatable bonds is 7. The maximum atomic E-state index is 6.13. The molecule has 2 rings (SSSR count). The van der Waals surface area contributed by atoms with E-state index in [0.29, 0.717) is 6.61 Å². The number of benzene rings is 2. The summed E-state index contributed by atoms with van der Waals surface area (Å²) in [6, 6.07) is 16.2. The van der Waals surface area contributed by atoms with Crippen LogP contribution in [0, 0.1) is 6.92 Å². The molecule has 1 atom stereocenters. The van der Waals surface area contributed by atoms with Crippen LogP contribution in [0.4, 0.5) is 0 Å². The molecule has 0 aliphatic rings. The van der Waals surface area contributed by atoms with Crippen LogP contribution in [0.2, 0.25) is 5.02 Å². The van der Waals surface area contributed by atoms with Gasteiger partial charge in [0.25, 0.3) is 0 Å². The summed E-state index contributed by atoms with van der Waals surface area (Å²) in [7, 11) is 0. The van der Waals surface area contributed by atoms with Crippen molar-refractivity contribution in [3.63, 3.8) is 0 Å². The van der Waals surface area contributed by atoms with Gasteiger partial charge in [-0.25, -0.2) is 0 Å². The summed E-state index contributed by atoms with van der Waals surface area (Å²) < 4.78 is 6.13. The lowest BCUT2D eigenvalue weighted by molar-refractivity contribution is 0.0398. The first-order chi connectivity index (χ1) is 10.2. The molecule has 0 bridgehead atoms. The Labute approximate surface area is 132 Å². The van der Waals surface area contributed by atoms with E-state index in [0.717, 1.165) is 23.7 Å². The minimum atomic E-state index is 0.0464. The molecule has 0 saturated heterocycles. The third-order valence-electron chi connectivity index (χ3n) is 3.46. The maximum absolute atomic E-state index is 6.13. The van der Waals surface area contributed by atoms with Crippen LogP contribution in [0.25, 0.3) is 0 Å². The van der Waals surface area contributed by atoms with Gasteiger partial charge in [0.1, 0.15) is 0 Å². The molecular weight excluding hydrogens is 282 g/mol. The topological polar surface area (TPSA) is 21.3 Å². The Morgan fingerprint density at radius 3 is 2.67 bits per heavy atom. The first kappa shape index (κ1) is 16.0. The van der Waals surface area contributed by atoms with Crippen LogP contribution in [0.1, 0.15) is 29.7 Å². The van der Waals surface area contributed by atoms with E-state index in [2.05, 4.69) is 43.4 Å². The summed E-state index contributed by atoms with van der Waals surface area (Å²) in [5.74, 6) is 0. The quantitative estimate of drug-likeness (QED) is 0.812. The van der Waals surface area contributed by atoms with Crippen molar-refractivity contribution in [2.75, 3.05) is 13.1 Å². The van der Waals surface area contributed by atoms with Gasteiger partial charge in [0.2, 0.25) is 0 Å². The predicted molar refractivity (Wildman–Crippen MR) is 88.7 cm³/mol. The molecule has 3 heteroatoms. The summed E-state index contributed by atoms with van der Waals surface area (Å²) in [6.45, 7) is 6.53. The molecule has 0 amide bonds. The Morgan fingerprint density at radius 2 is 1.95 bits per heavy atom. The molecule has 2 nitrogen and oxygen atoms in total. The predicted octanol–water partition coefficient (Wildman–Crippen LogP) is 4.52. The first-order valence-corrected chi connectivity index (χ1v) is 7.70. The van der Waals surface area contributed by atoms with E-state index in [4.69, 9.17) is 16.3 Å². The average molecular weight is 304 g/mol. The van der Waals surface area contributed by atoms with E-state index in [1.807, 2.05) is 24.3 Å².